The van der Waals surface area contributed by atoms with E-state index < -0.39 is 10.0 Å². The Morgan fingerprint density at radius 2 is 1.88 bits per heavy atom. The number of fused-ring (bicyclic) bond motifs is 1. The predicted octanol–water partition coefficient (Wildman–Crippen LogP) is 3.90. The van der Waals surface area contributed by atoms with Gasteiger partial charge in [0.25, 0.3) is 0 Å². The Hall–Kier alpha value is -2.97. The number of sulfonamides is 1. The Labute approximate surface area is 188 Å². The number of anilines is 1. The fraction of sp³-hybridized carbons (Fsp3) is 0.333. The summed E-state index contributed by atoms with van der Waals surface area (Å²) in [6.45, 7) is 4.39. The molecule has 1 aliphatic rings. The van der Waals surface area contributed by atoms with E-state index in [0.29, 0.717) is 47.8 Å². The molecule has 1 aromatic heterocycles. The minimum absolute atomic E-state index is 0.108. The second-order valence-electron chi connectivity index (χ2n) is 8.15. The number of hydrogen-bond acceptors (Lipinski definition) is 5. The fourth-order valence-electron chi connectivity index (χ4n) is 4.24. The van der Waals surface area contributed by atoms with Gasteiger partial charge in [-0.3, -0.25) is 9.78 Å². The monoisotopic (exact) mass is 453 g/mol. The molecule has 0 aliphatic carbocycles. The molecule has 8 heteroatoms. The summed E-state index contributed by atoms with van der Waals surface area (Å²) in [7, 11) is -1.99. The minimum Gasteiger partial charge on any atom is -0.494 e. The molecule has 0 atom stereocenters. The molecule has 2 aromatic carbocycles. The largest absolute Gasteiger partial charge is 0.494 e. The van der Waals surface area contributed by atoms with Crippen LogP contribution in [-0.2, 0) is 14.8 Å². The average molecular weight is 454 g/mol. The third kappa shape index (κ3) is 4.20. The van der Waals surface area contributed by atoms with Crippen molar-refractivity contribution in [3.8, 4) is 5.75 Å². The van der Waals surface area contributed by atoms with Crippen LogP contribution in [0.4, 0.5) is 5.69 Å². The maximum Gasteiger partial charge on any atom is 0.243 e. The van der Waals surface area contributed by atoms with E-state index >= 15 is 0 Å². The highest BCUT2D eigenvalue weighted by Crippen LogP contribution is 2.31. The van der Waals surface area contributed by atoms with Crippen LogP contribution >= 0.6 is 0 Å². The summed E-state index contributed by atoms with van der Waals surface area (Å²) in [5, 5.41) is 3.81. The lowest BCUT2D eigenvalue weighted by Crippen LogP contribution is -2.41. The van der Waals surface area contributed by atoms with E-state index in [9.17, 15) is 13.2 Å². The number of carbonyl (C=O) groups excluding carboxylic acids is 1. The molecule has 3 aromatic rings. The van der Waals surface area contributed by atoms with Crippen LogP contribution in [0.2, 0.25) is 0 Å². The molecule has 0 spiro atoms. The molecule has 0 bridgehead atoms. The Morgan fingerprint density at radius 1 is 1.12 bits per heavy atom. The van der Waals surface area contributed by atoms with Gasteiger partial charge in [0.05, 0.1) is 17.7 Å². The van der Waals surface area contributed by atoms with Crippen molar-refractivity contribution in [2.45, 2.75) is 31.6 Å². The number of rotatable bonds is 5. The Kier molecular flexibility index (Phi) is 6.17. The van der Waals surface area contributed by atoms with Crippen molar-refractivity contribution in [1.29, 1.82) is 0 Å². The molecule has 0 radical (unpaired) electrons. The second-order valence-corrected chi connectivity index (χ2v) is 10.1. The second kappa shape index (κ2) is 8.88. The molecule has 0 saturated carbocycles. The highest BCUT2D eigenvalue weighted by atomic mass is 32.2. The third-order valence-corrected chi connectivity index (χ3v) is 8.04. The molecule has 1 saturated heterocycles. The van der Waals surface area contributed by atoms with E-state index in [0.717, 1.165) is 16.5 Å². The van der Waals surface area contributed by atoms with Gasteiger partial charge in [-0.2, -0.15) is 4.31 Å². The molecule has 32 heavy (non-hydrogen) atoms. The number of amides is 1. The number of aryl methyl sites for hydroxylation is 2. The van der Waals surface area contributed by atoms with Gasteiger partial charge < -0.3 is 10.1 Å². The van der Waals surface area contributed by atoms with Crippen LogP contribution in [0, 0.1) is 19.8 Å². The van der Waals surface area contributed by atoms with E-state index in [4.69, 9.17) is 4.74 Å². The van der Waals surface area contributed by atoms with Gasteiger partial charge in [-0.25, -0.2) is 8.42 Å². The molecular formula is C24H27N3O4S. The Bertz CT molecular complexity index is 1270. The Balaban J connectivity index is 1.46. The number of aromatic nitrogens is 1. The van der Waals surface area contributed by atoms with Crippen molar-refractivity contribution >= 4 is 32.5 Å². The maximum absolute atomic E-state index is 13.1. The summed E-state index contributed by atoms with van der Waals surface area (Å²) in [4.78, 5) is 17.7. The molecule has 1 N–H and O–H groups in total. The number of benzene rings is 2. The highest BCUT2D eigenvalue weighted by Gasteiger charge is 2.33. The molecule has 1 aliphatic heterocycles. The van der Waals surface area contributed by atoms with Gasteiger partial charge >= 0.3 is 0 Å². The molecule has 4 rings (SSSR count). The van der Waals surface area contributed by atoms with Gasteiger partial charge in [-0.05, 0) is 62.6 Å². The van der Waals surface area contributed by atoms with Gasteiger partial charge in [0.1, 0.15) is 11.3 Å². The number of carbonyl (C=O) groups is 1. The molecule has 7 nitrogen and oxygen atoms in total. The lowest BCUT2D eigenvalue weighted by molar-refractivity contribution is -0.120. The topological polar surface area (TPSA) is 88.6 Å². The van der Waals surface area contributed by atoms with Gasteiger partial charge in [0.15, 0.2) is 0 Å². The quantitative estimate of drug-likeness (QED) is 0.633. The number of piperidine rings is 1. The van der Waals surface area contributed by atoms with Crippen molar-refractivity contribution in [1.82, 2.24) is 9.29 Å². The zero-order chi connectivity index (χ0) is 22.9. The SMILES string of the molecule is COc1ccc(NC(=O)C2CCN(S(=O)(=O)c3ccc(C)cc3C)CC2)c2cccnc12. The third-order valence-electron chi connectivity index (χ3n) is 5.98. The van der Waals surface area contributed by atoms with E-state index in [1.807, 2.05) is 38.1 Å². The van der Waals surface area contributed by atoms with Crippen LogP contribution in [0.3, 0.4) is 0 Å². The van der Waals surface area contributed by atoms with Crippen molar-refractivity contribution in [2.75, 3.05) is 25.5 Å². The first-order chi connectivity index (χ1) is 15.3. The average Bonchev–Trinajstić information content (AvgIpc) is 2.79. The molecule has 1 amide bonds. The van der Waals surface area contributed by atoms with Crippen molar-refractivity contribution < 1.29 is 17.9 Å². The molecule has 2 heterocycles. The summed E-state index contributed by atoms with van der Waals surface area (Å²) in [5.41, 5.74) is 3.12. The molecule has 0 unspecified atom stereocenters. The van der Waals surface area contributed by atoms with Crippen LogP contribution in [0.1, 0.15) is 24.0 Å². The minimum atomic E-state index is -3.57. The number of methoxy groups -OCH3 is 1. The first kappa shape index (κ1) is 22.2. The van der Waals surface area contributed by atoms with Gasteiger partial charge in [0.2, 0.25) is 15.9 Å². The van der Waals surface area contributed by atoms with E-state index in [2.05, 4.69) is 10.3 Å². The predicted molar refractivity (Wildman–Crippen MR) is 124 cm³/mol. The van der Waals surface area contributed by atoms with Crippen molar-refractivity contribution in [2.24, 2.45) is 5.92 Å². The Morgan fingerprint density at radius 3 is 2.56 bits per heavy atom. The van der Waals surface area contributed by atoms with Crippen molar-refractivity contribution in [3.05, 3.63) is 59.8 Å². The molecule has 1 fully saturated rings. The fourth-order valence-corrected chi connectivity index (χ4v) is 5.92. The lowest BCUT2D eigenvalue weighted by Gasteiger charge is -2.31. The molecule has 168 valence electrons. The summed E-state index contributed by atoms with van der Waals surface area (Å²) in [6.07, 6.45) is 2.63. The molecular weight excluding hydrogens is 426 g/mol. The number of hydrogen-bond donors (Lipinski definition) is 1. The van der Waals surface area contributed by atoms with Crippen molar-refractivity contribution in [3.63, 3.8) is 0 Å². The maximum atomic E-state index is 13.1. The van der Waals surface area contributed by atoms with Crippen LogP contribution in [0.25, 0.3) is 10.9 Å². The smallest absolute Gasteiger partial charge is 0.243 e. The summed E-state index contributed by atoms with van der Waals surface area (Å²) < 4.78 is 33.0. The number of nitrogens with one attached hydrogen (secondary N) is 1. The van der Waals surface area contributed by atoms with E-state index in [-0.39, 0.29) is 11.8 Å². The normalized spacial score (nSPS) is 15.6. The van der Waals surface area contributed by atoms with Crippen LogP contribution in [0.15, 0.2) is 53.6 Å². The van der Waals surface area contributed by atoms with Gasteiger partial charge in [-0.15, -0.1) is 0 Å². The van der Waals surface area contributed by atoms with Gasteiger partial charge in [-0.1, -0.05) is 17.7 Å². The van der Waals surface area contributed by atoms with E-state index in [1.54, 1.807) is 31.5 Å². The standard InChI is InChI=1S/C24H27N3O4S/c1-16-6-9-22(17(2)15-16)32(29,30)27-13-10-18(11-14-27)24(28)26-20-7-8-21(31-3)23-19(20)5-4-12-25-23/h4-9,12,15,18H,10-11,13-14H2,1-3H3,(H,26,28). The van der Waals surface area contributed by atoms with Gasteiger partial charge in [0, 0.05) is 30.6 Å². The van der Waals surface area contributed by atoms with E-state index in [1.165, 1.54) is 4.31 Å². The lowest BCUT2D eigenvalue weighted by atomic mass is 9.97. The summed E-state index contributed by atoms with van der Waals surface area (Å²) >= 11 is 0. The van der Waals surface area contributed by atoms with Crippen LogP contribution in [0.5, 0.6) is 5.75 Å². The first-order valence-corrected chi connectivity index (χ1v) is 12.1. The number of ether oxygens (including phenoxy) is 1. The zero-order valence-electron chi connectivity index (χ0n) is 18.5. The zero-order valence-corrected chi connectivity index (χ0v) is 19.3. The van der Waals surface area contributed by atoms with Crippen LogP contribution in [-0.4, -0.2) is 43.8 Å². The highest BCUT2D eigenvalue weighted by molar-refractivity contribution is 7.89. The number of pyridine rings is 1. The summed E-state index contributed by atoms with van der Waals surface area (Å²) in [5.74, 6) is 0.279. The van der Waals surface area contributed by atoms with Crippen LogP contribution < -0.4 is 10.1 Å². The first-order valence-electron chi connectivity index (χ1n) is 10.6. The number of nitrogens with zero attached hydrogens (tertiary/aromatic N) is 2. The summed E-state index contributed by atoms with van der Waals surface area (Å²) in [6, 6.07) is 12.6.